The topological polar surface area (TPSA) is 83.4 Å². The van der Waals surface area contributed by atoms with Crippen LogP contribution in [0.5, 0.6) is 11.5 Å². The minimum Gasteiger partial charge on any atom is -0.486 e. The molecular weight excluding hydrogens is 353 g/mol. The summed E-state index contributed by atoms with van der Waals surface area (Å²) < 4.78 is 16.3. The van der Waals surface area contributed by atoms with Gasteiger partial charge in [-0.2, -0.15) is 4.98 Å². The van der Waals surface area contributed by atoms with E-state index in [0.29, 0.717) is 41.5 Å². The van der Waals surface area contributed by atoms with E-state index in [2.05, 4.69) is 10.1 Å². The van der Waals surface area contributed by atoms with Gasteiger partial charge in [0.25, 0.3) is 5.89 Å². The molecule has 0 amide bonds. The first-order valence-electron chi connectivity index (χ1n) is 7.54. The standard InChI is InChI=1S/C16H16ClN3O3.ClH/c17-11-8-10(9-12-14(11)22-7-6-21-12)2-3-13-19-15(20-23-13)16(18)4-1-5-16;/h2-3,8-9H,1,4-7,18H2;1H/b3-2+;. The summed E-state index contributed by atoms with van der Waals surface area (Å²) in [6.45, 7) is 1.02. The van der Waals surface area contributed by atoms with E-state index in [4.69, 9.17) is 31.3 Å². The Hall–Kier alpha value is -1.76. The van der Waals surface area contributed by atoms with Crippen molar-refractivity contribution in [1.29, 1.82) is 0 Å². The van der Waals surface area contributed by atoms with Gasteiger partial charge in [0.05, 0.1) is 10.6 Å². The molecule has 0 bridgehead atoms. The van der Waals surface area contributed by atoms with Gasteiger partial charge in [-0.1, -0.05) is 16.8 Å². The van der Waals surface area contributed by atoms with Gasteiger partial charge in [-0.15, -0.1) is 12.4 Å². The monoisotopic (exact) mass is 369 g/mol. The maximum atomic E-state index is 6.21. The van der Waals surface area contributed by atoms with E-state index < -0.39 is 5.54 Å². The molecule has 128 valence electrons. The molecule has 2 N–H and O–H groups in total. The largest absolute Gasteiger partial charge is 0.486 e. The van der Waals surface area contributed by atoms with Crippen molar-refractivity contribution in [2.24, 2.45) is 5.73 Å². The molecule has 2 aromatic rings. The van der Waals surface area contributed by atoms with Crippen LogP contribution in [0.2, 0.25) is 5.02 Å². The molecule has 0 saturated heterocycles. The summed E-state index contributed by atoms with van der Waals surface area (Å²) in [4.78, 5) is 4.35. The second kappa shape index (κ2) is 6.63. The first-order valence-corrected chi connectivity index (χ1v) is 7.92. The van der Waals surface area contributed by atoms with Crippen LogP contribution in [0.15, 0.2) is 16.7 Å². The quantitative estimate of drug-likeness (QED) is 0.891. The maximum Gasteiger partial charge on any atom is 0.250 e. The minimum absolute atomic E-state index is 0. The first kappa shape index (κ1) is 17.1. The Morgan fingerprint density at radius 1 is 1.17 bits per heavy atom. The number of fused-ring (bicyclic) bond motifs is 1. The normalized spacial score (nSPS) is 18.1. The third kappa shape index (κ3) is 3.09. The smallest absolute Gasteiger partial charge is 0.250 e. The number of hydrogen-bond acceptors (Lipinski definition) is 6. The lowest BCUT2D eigenvalue weighted by Gasteiger charge is -2.34. The molecule has 1 saturated carbocycles. The Morgan fingerprint density at radius 3 is 2.71 bits per heavy atom. The van der Waals surface area contributed by atoms with Crippen LogP contribution in [0.4, 0.5) is 0 Å². The number of nitrogens with zero attached hydrogens (tertiary/aromatic N) is 2. The van der Waals surface area contributed by atoms with Crippen molar-refractivity contribution in [2.45, 2.75) is 24.8 Å². The predicted octanol–water partition coefficient (Wildman–Crippen LogP) is 3.42. The summed E-state index contributed by atoms with van der Waals surface area (Å²) in [5.74, 6) is 2.22. The lowest BCUT2D eigenvalue weighted by Crippen LogP contribution is -2.44. The van der Waals surface area contributed by atoms with Crippen LogP contribution in [0, 0.1) is 0 Å². The Kier molecular flexibility index (Phi) is 4.71. The second-order valence-electron chi connectivity index (χ2n) is 5.83. The van der Waals surface area contributed by atoms with Crippen molar-refractivity contribution in [2.75, 3.05) is 13.2 Å². The number of aromatic nitrogens is 2. The van der Waals surface area contributed by atoms with Crippen molar-refractivity contribution in [3.05, 3.63) is 34.4 Å². The Balaban J connectivity index is 0.00000169. The fourth-order valence-corrected chi connectivity index (χ4v) is 2.95. The van der Waals surface area contributed by atoms with E-state index in [1.54, 1.807) is 12.1 Å². The highest BCUT2D eigenvalue weighted by Gasteiger charge is 2.38. The average molecular weight is 370 g/mol. The molecule has 1 aliphatic carbocycles. The zero-order valence-electron chi connectivity index (χ0n) is 12.8. The summed E-state index contributed by atoms with van der Waals surface area (Å²) >= 11 is 6.21. The Bertz CT molecular complexity index is 772. The Morgan fingerprint density at radius 2 is 1.96 bits per heavy atom. The summed E-state index contributed by atoms with van der Waals surface area (Å²) in [7, 11) is 0. The number of rotatable bonds is 3. The van der Waals surface area contributed by atoms with Gasteiger partial charge in [0.15, 0.2) is 17.3 Å². The van der Waals surface area contributed by atoms with Gasteiger partial charge in [0.2, 0.25) is 0 Å². The fourth-order valence-electron chi connectivity index (χ4n) is 2.68. The van der Waals surface area contributed by atoms with Crippen molar-refractivity contribution in [1.82, 2.24) is 10.1 Å². The van der Waals surface area contributed by atoms with Crippen LogP contribution in [0.3, 0.4) is 0 Å². The molecule has 1 fully saturated rings. The molecule has 1 aliphatic heterocycles. The summed E-state index contributed by atoms with van der Waals surface area (Å²) in [6.07, 6.45) is 6.47. The van der Waals surface area contributed by atoms with E-state index in [0.717, 1.165) is 24.8 Å². The van der Waals surface area contributed by atoms with Gasteiger partial charge in [-0.05, 0) is 43.0 Å². The predicted molar refractivity (Wildman–Crippen MR) is 92.6 cm³/mol. The molecule has 1 aromatic heterocycles. The lowest BCUT2D eigenvalue weighted by molar-refractivity contribution is 0.171. The van der Waals surface area contributed by atoms with Crippen LogP contribution >= 0.6 is 24.0 Å². The van der Waals surface area contributed by atoms with Crippen LogP contribution in [0.25, 0.3) is 12.2 Å². The van der Waals surface area contributed by atoms with E-state index in [1.165, 1.54) is 0 Å². The number of halogens is 2. The van der Waals surface area contributed by atoms with Gasteiger partial charge < -0.3 is 19.7 Å². The van der Waals surface area contributed by atoms with Gasteiger partial charge >= 0.3 is 0 Å². The molecule has 6 nitrogen and oxygen atoms in total. The summed E-state index contributed by atoms with van der Waals surface area (Å²) in [5.41, 5.74) is 6.63. The van der Waals surface area contributed by atoms with Gasteiger partial charge in [-0.25, -0.2) is 0 Å². The zero-order valence-corrected chi connectivity index (χ0v) is 14.4. The van der Waals surface area contributed by atoms with E-state index >= 15 is 0 Å². The molecule has 0 atom stereocenters. The number of ether oxygens (including phenoxy) is 2. The molecule has 8 heteroatoms. The van der Waals surface area contributed by atoms with Crippen LogP contribution in [-0.2, 0) is 5.54 Å². The molecule has 24 heavy (non-hydrogen) atoms. The highest BCUT2D eigenvalue weighted by Crippen LogP contribution is 2.39. The first-order chi connectivity index (χ1) is 11.1. The molecule has 0 radical (unpaired) electrons. The second-order valence-corrected chi connectivity index (χ2v) is 6.23. The van der Waals surface area contributed by atoms with Gasteiger partial charge in [0.1, 0.15) is 13.2 Å². The van der Waals surface area contributed by atoms with E-state index in [9.17, 15) is 0 Å². The summed E-state index contributed by atoms with van der Waals surface area (Å²) in [5, 5.41) is 4.49. The van der Waals surface area contributed by atoms with Crippen molar-refractivity contribution in [3.63, 3.8) is 0 Å². The third-order valence-corrected chi connectivity index (χ3v) is 4.45. The van der Waals surface area contributed by atoms with E-state index in [1.807, 2.05) is 12.1 Å². The SMILES string of the molecule is Cl.NC1(c2noc(/C=C/c3cc(Cl)c4c(c3)OCCO4)n2)CCC1. The van der Waals surface area contributed by atoms with E-state index in [-0.39, 0.29) is 12.4 Å². The number of benzene rings is 1. The van der Waals surface area contributed by atoms with Crippen LogP contribution in [-0.4, -0.2) is 23.4 Å². The minimum atomic E-state index is -0.421. The average Bonchev–Trinajstić information content (AvgIpc) is 3.00. The molecule has 2 heterocycles. The number of nitrogens with two attached hydrogens (primary N) is 1. The molecule has 1 aromatic carbocycles. The molecule has 0 unspecified atom stereocenters. The van der Waals surface area contributed by atoms with Crippen molar-refractivity contribution >= 4 is 36.2 Å². The van der Waals surface area contributed by atoms with Gasteiger partial charge in [0, 0.05) is 6.08 Å². The Labute approximate surface area is 150 Å². The molecule has 2 aliphatic rings. The summed E-state index contributed by atoms with van der Waals surface area (Å²) in [6, 6.07) is 3.67. The molecule has 0 spiro atoms. The zero-order chi connectivity index (χ0) is 15.9. The van der Waals surface area contributed by atoms with Crippen LogP contribution in [0.1, 0.15) is 36.5 Å². The van der Waals surface area contributed by atoms with Crippen molar-refractivity contribution in [3.8, 4) is 11.5 Å². The maximum absolute atomic E-state index is 6.21. The highest BCUT2D eigenvalue weighted by atomic mass is 35.5. The highest BCUT2D eigenvalue weighted by molar-refractivity contribution is 6.32. The molecule has 4 rings (SSSR count). The fraction of sp³-hybridized carbons (Fsp3) is 0.375. The van der Waals surface area contributed by atoms with Crippen LogP contribution < -0.4 is 15.2 Å². The lowest BCUT2D eigenvalue weighted by atomic mass is 9.77. The van der Waals surface area contributed by atoms with Gasteiger partial charge in [-0.3, -0.25) is 0 Å². The van der Waals surface area contributed by atoms with Crippen molar-refractivity contribution < 1.29 is 14.0 Å². The third-order valence-electron chi connectivity index (χ3n) is 4.17. The number of hydrogen-bond donors (Lipinski definition) is 1. The molecular formula is C16H17Cl2N3O3.